The monoisotopic (exact) mass is 298 g/mol. The Morgan fingerprint density at radius 2 is 1.80 bits per heavy atom. The van der Waals surface area contributed by atoms with Crippen LogP contribution in [0.5, 0.6) is 0 Å². The molecule has 2 amide bonds. The van der Waals surface area contributed by atoms with Crippen LogP contribution in [0.15, 0.2) is 40.9 Å². The quantitative estimate of drug-likeness (QED) is 0.744. The lowest BCUT2D eigenvalue weighted by molar-refractivity contribution is 0.255. The second-order valence-electron chi connectivity index (χ2n) is 4.64. The SMILES string of the molecule is C/C(=C\NC(=O)Nc1ccc(S(=O)(=O)O)cc1)C(C)C. The van der Waals surface area contributed by atoms with Gasteiger partial charge in [0, 0.05) is 11.9 Å². The van der Waals surface area contributed by atoms with E-state index in [1.54, 1.807) is 6.20 Å². The Bertz CT molecular complexity index is 604. The summed E-state index contributed by atoms with van der Waals surface area (Å²) in [6.45, 7) is 5.94. The van der Waals surface area contributed by atoms with Gasteiger partial charge in [0.25, 0.3) is 10.1 Å². The van der Waals surface area contributed by atoms with Crippen molar-refractivity contribution in [2.75, 3.05) is 5.32 Å². The average molecular weight is 298 g/mol. The molecule has 0 saturated carbocycles. The molecule has 0 aliphatic rings. The predicted octanol–water partition coefficient (Wildman–Crippen LogP) is 2.61. The topological polar surface area (TPSA) is 95.5 Å². The highest BCUT2D eigenvalue weighted by Gasteiger charge is 2.09. The first kappa shape index (κ1) is 16.2. The van der Waals surface area contributed by atoms with E-state index in [0.29, 0.717) is 11.6 Å². The molecule has 0 aliphatic heterocycles. The molecule has 0 heterocycles. The fraction of sp³-hybridized carbons (Fsp3) is 0.308. The number of hydrogen-bond donors (Lipinski definition) is 3. The summed E-state index contributed by atoms with van der Waals surface area (Å²) in [7, 11) is -4.22. The summed E-state index contributed by atoms with van der Waals surface area (Å²) >= 11 is 0. The minimum Gasteiger partial charge on any atom is -0.314 e. The van der Waals surface area contributed by atoms with Crippen molar-refractivity contribution < 1.29 is 17.8 Å². The van der Waals surface area contributed by atoms with Crippen LogP contribution in [0.25, 0.3) is 0 Å². The maximum Gasteiger partial charge on any atom is 0.323 e. The third kappa shape index (κ3) is 5.02. The lowest BCUT2D eigenvalue weighted by atomic mass is 10.1. The molecule has 110 valence electrons. The van der Waals surface area contributed by atoms with Crippen molar-refractivity contribution in [3.05, 3.63) is 36.0 Å². The van der Waals surface area contributed by atoms with Crippen LogP contribution < -0.4 is 10.6 Å². The van der Waals surface area contributed by atoms with Crippen molar-refractivity contribution in [1.29, 1.82) is 0 Å². The van der Waals surface area contributed by atoms with E-state index in [2.05, 4.69) is 10.6 Å². The Morgan fingerprint density at radius 1 is 1.25 bits per heavy atom. The van der Waals surface area contributed by atoms with Crippen molar-refractivity contribution in [3.63, 3.8) is 0 Å². The minimum absolute atomic E-state index is 0.223. The number of allylic oxidation sites excluding steroid dienone is 1. The fourth-order valence-electron chi connectivity index (χ4n) is 1.22. The summed E-state index contributed by atoms with van der Waals surface area (Å²) < 4.78 is 30.5. The Labute approximate surface area is 118 Å². The van der Waals surface area contributed by atoms with Crippen LogP contribution in [-0.4, -0.2) is 19.0 Å². The van der Waals surface area contributed by atoms with Crippen LogP contribution in [-0.2, 0) is 10.1 Å². The molecule has 0 bridgehead atoms. The molecule has 7 heteroatoms. The molecule has 1 aromatic rings. The molecular weight excluding hydrogens is 280 g/mol. The fourth-order valence-corrected chi connectivity index (χ4v) is 1.70. The highest BCUT2D eigenvalue weighted by Crippen LogP contribution is 2.13. The van der Waals surface area contributed by atoms with Crippen molar-refractivity contribution in [1.82, 2.24) is 5.32 Å². The molecule has 0 fully saturated rings. The zero-order chi connectivity index (χ0) is 15.3. The summed E-state index contributed by atoms with van der Waals surface area (Å²) in [5.74, 6) is 0.337. The number of amides is 2. The number of benzene rings is 1. The number of carbonyl (C=O) groups is 1. The van der Waals surface area contributed by atoms with Crippen LogP contribution in [0.4, 0.5) is 10.5 Å². The molecule has 6 nitrogen and oxygen atoms in total. The molecule has 20 heavy (non-hydrogen) atoms. The summed E-state index contributed by atoms with van der Waals surface area (Å²) in [5.41, 5.74) is 1.45. The molecule has 0 radical (unpaired) electrons. The molecule has 1 rings (SSSR count). The predicted molar refractivity (Wildman–Crippen MR) is 77.0 cm³/mol. The molecule has 0 aromatic heterocycles. The largest absolute Gasteiger partial charge is 0.323 e. The maximum absolute atomic E-state index is 11.6. The van der Waals surface area contributed by atoms with E-state index in [9.17, 15) is 13.2 Å². The summed E-state index contributed by atoms with van der Waals surface area (Å²) in [6.07, 6.45) is 1.62. The number of anilines is 1. The van der Waals surface area contributed by atoms with Gasteiger partial charge in [-0.2, -0.15) is 8.42 Å². The molecule has 0 saturated heterocycles. The molecule has 1 aromatic carbocycles. The van der Waals surface area contributed by atoms with Gasteiger partial charge in [0.05, 0.1) is 4.90 Å². The van der Waals surface area contributed by atoms with Gasteiger partial charge in [-0.05, 0) is 37.1 Å². The third-order valence-electron chi connectivity index (χ3n) is 2.75. The number of rotatable bonds is 4. The number of hydrogen-bond acceptors (Lipinski definition) is 3. The van der Waals surface area contributed by atoms with Gasteiger partial charge >= 0.3 is 6.03 Å². The zero-order valence-electron chi connectivity index (χ0n) is 11.5. The zero-order valence-corrected chi connectivity index (χ0v) is 12.4. The molecule has 0 spiro atoms. The van der Waals surface area contributed by atoms with Gasteiger partial charge in [-0.15, -0.1) is 0 Å². The summed E-state index contributed by atoms with van der Waals surface area (Å²) in [5, 5.41) is 5.12. The first-order valence-electron chi connectivity index (χ1n) is 6.02. The van der Waals surface area contributed by atoms with E-state index in [4.69, 9.17) is 4.55 Å². The lowest BCUT2D eigenvalue weighted by Crippen LogP contribution is -2.24. The first-order chi connectivity index (χ1) is 9.20. The van der Waals surface area contributed by atoms with E-state index < -0.39 is 16.1 Å². The molecule has 0 aliphatic carbocycles. The van der Waals surface area contributed by atoms with Gasteiger partial charge in [0.15, 0.2) is 0 Å². The highest BCUT2D eigenvalue weighted by atomic mass is 32.2. The Morgan fingerprint density at radius 3 is 2.25 bits per heavy atom. The lowest BCUT2D eigenvalue weighted by Gasteiger charge is -2.08. The third-order valence-corrected chi connectivity index (χ3v) is 3.62. The Kier molecular flexibility index (Phi) is 5.29. The van der Waals surface area contributed by atoms with Gasteiger partial charge < -0.3 is 10.6 Å². The molecule has 0 atom stereocenters. The van der Waals surface area contributed by atoms with Crippen molar-refractivity contribution in [2.45, 2.75) is 25.7 Å². The van der Waals surface area contributed by atoms with Crippen molar-refractivity contribution >= 4 is 21.8 Å². The summed E-state index contributed by atoms with van der Waals surface area (Å²) in [4.78, 5) is 11.4. The maximum atomic E-state index is 11.6. The average Bonchev–Trinajstić information content (AvgIpc) is 2.35. The van der Waals surface area contributed by atoms with Crippen molar-refractivity contribution in [3.8, 4) is 0 Å². The van der Waals surface area contributed by atoms with Gasteiger partial charge in [-0.25, -0.2) is 4.79 Å². The van der Waals surface area contributed by atoms with E-state index in [0.717, 1.165) is 5.57 Å². The second kappa shape index (κ2) is 6.53. The highest BCUT2D eigenvalue weighted by molar-refractivity contribution is 7.85. The first-order valence-corrected chi connectivity index (χ1v) is 7.46. The number of nitrogens with one attached hydrogen (secondary N) is 2. The molecule has 3 N–H and O–H groups in total. The standard InChI is InChI=1S/C13H18N2O4S/c1-9(2)10(3)8-14-13(16)15-11-4-6-12(7-5-11)20(17,18)19/h4-9H,1-3H3,(H2,14,15,16)(H,17,18,19)/b10-8+. The van der Waals surface area contributed by atoms with E-state index in [1.165, 1.54) is 24.3 Å². The second-order valence-corrected chi connectivity index (χ2v) is 6.06. The van der Waals surface area contributed by atoms with Crippen LogP contribution in [0, 0.1) is 5.92 Å². The van der Waals surface area contributed by atoms with Crippen LogP contribution in [0.1, 0.15) is 20.8 Å². The summed E-state index contributed by atoms with van der Waals surface area (Å²) in [6, 6.07) is 4.77. The van der Waals surface area contributed by atoms with Crippen LogP contribution in [0.3, 0.4) is 0 Å². The van der Waals surface area contributed by atoms with Crippen LogP contribution >= 0.6 is 0 Å². The van der Waals surface area contributed by atoms with Gasteiger partial charge in [0.1, 0.15) is 0 Å². The van der Waals surface area contributed by atoms with Gasteiger partial charge in [-0.3, -0.25) is 4.55 Å². The van der Waals surface area contributed by atoms with E-state index >= 15 is 0 Å². The van der Waals surface area contributed by atoms with Gasteiger partial charge in [-0.1, -0.05) is 19.4 Å². The minimum atomic E-state index is -4.22. The van der Waals surface area contributed by atoms with E-state index in [-0.39, 0.29) is 4.90 Å². The number of carbonyl (C=O) groups excluding carboxylic acids is 1. The molecule has 0 unspecified atom stereocenters. The van der Waals surface area contributed by atoms with Gasteiger partial charge in [0.2, 0.25) is 0 Å². The smallest absolute Gasteiger partial charge is 0.314 e. The Hall–Kier alpha value is -1.86. The van der Waals surface area contributed by atoms with Crippen molar-refractivity contribution in [2.24, 2.45) is 5.92 Å². The van der Waals surface area contributed by atoms with Crippen LogP contribution in [0.2, 0.25) is 0 Å². The normalized spacial score (nSPS) is 12.3. The number of urea groups is 1. The molecular formula is C13H18N2O4S. The Balaban J connectivity index is 2.66. The van der Waals surface area contributed by atoms with E-state index in [1.807, 2.05) is 20.8 Å².